The molecule has 2 aliphatic carbocycles. The molecule has 0 aliphatic heterocycles. The third kappa shape index (κ3) is 1.83. The molecule has 0 aromatic carbocycles. The summed E-state index contributed by atoms with van der Waals surface area (Å²) in [7, 11) is 0. The molecule has 2 aliphatic rings. The molecule has 2 atom stereocenters. The van der Waals surface area contributed by atoms with E-state index in [9.17, 15) is 14.7 Å². The summed E-state index contributed by atoms with van der Waals surface area (Å²) < 4.78 is 0. The van der Waals surface area contributed by atoms with Crippen LogP contribution in [0.1, 0.15) is 52.4 Å². The van der Waals surface area contributed by atoms with Crippen LogP contribution < -0.4 is 0 Å². The number of carbonyl (C=O) groups is 2. The predicted molar refractivity (Wildman–Crippen MR) is 63.5 cm³/mol. The molecule has 4 nitrogen and oxygen atoms in total. The van der Waals surface area contributed by atoms with Crippen LogP contribution >= 0.6 is 0 Å². The Balaban J connectivity index is 2.38. The zero-order valence-corrected chi connectivity index (χ0v) is 10.6. The van der Waals surface area contributed by atoms with Gasteiger partial charge in [0, 0.05) is 13.0 Å². The zero-order valence-electron chi connectivity index (χ0n) is 10.6. The molecule has 2 unspecified atom stereocenters. The van der Waals surface area contributed by atoms with E-state index >= 15 is 0 Å². The van der Waals surface area contributed by atoms with Gasteiger partial charge in [-0.25, -0.2) is 4.79 Å². The van der Waals surface area contributed by atoms with E-state index in [0.29, 0.717) is 6.42 Å². The molecular weight excluding hydrogens is 218 g/mol. The number of carbonyl (C=O) groups excluding carboxylic acids is 1. The Bertz CT molecular complexity index is 338. The fraction of sp³-hybridized carbons (Fsp3) is 0.846. The monoisotopic (exact) mass is 239 g/mol. The van der Waals surface area contributed by atoms with Gasteiger partial charge in [0.25, 0.3) is 0 Å². The Hall–Kier alpha value is -1.06. The summed E-state index contributed by atoms with van der Waals surface area (Å²) >= 11 is 0. The second kappa shape index (κ2) is 4.31. The lowest BCUT2D eigenvalue weighted by Gasteiger charge is -2.41. The van der Waals surface area contributed by atoms with Crippen molar-refractivity contribution in [3.05, 3.63) is 0 Å². The molecule has 2 rings (SSSR count). The topological polar surface area (TPSA) is 57.6 Å². The second-order valence-corrected chi connectivity index (χ2v) is 5.35. The van der Waals surface area contributed by atoms with Crippen molar-refractivity contribution in [3.8, 4) is 0 Å². The number of rotatable bonds is 4. The van der Waals surface area contributed by atoms with Crippen LogP contribution in [0.25, 0.3) is 0 Å². The summed E-state index contributed by atoms with van der Waals surface area (Å²) in [5.74, 6) is -0.760. The van der Waals surface area contributed by atoms with Crippen LogP contribution in [0.5, 0.6) is 0 Å². The van der Waals surface area contributed by atoms with Crippen molar-refractivity contribution >= 4 is 11.9 Å². The van der Waals surface area contributed by atoms with Crippen LogP contribution in [0.3, 0.4) is 0 Å². The van der Waals surface area contributed by atoms with Gasteiger partial charge in [0.2, 0.25) is 5.91 Å². The lowest BCUT2D eigenvalue weighted by atomic mass is 9.83. The molecule has 0 bridgehead atoms. The van der Waals surface area contributed by atoms with Crippen molar-refractivity contribution in [3.63, 3.8) is 0 Å². The van der Waals surface area contributed by atoms with E-state index in [1.165, 1.54) is 6.92 Å². The molecule has 0 heterocycles. The molecule has 0 saturated heterocycles. The molecule has 2 saturated carbocycles. The maximum atomic E-state index is 11.8. The molecule has 0 aromatic heterocycles. The lowest BCUT2D eigenvalue weighted by Crippen LogP contribution is -2.59. The number of amides is 1. The predicted octanol–water partition coefficient (Wildman–Crippen LogP) is 2.03. The normalized spacial score (nSPS) is 32.5. The minimum atomic E-state index is -0.915. The summed E-state index contributed by atoms with van der Waals surface area (Å²) in [5, 5.41) is 9.67. The quantitative estimate of drug-likeness (QED) is 0.816. The Labute approximate surface area is 102 Å². The minimum Gasteiger partial charge on any atom is -0.479 e. The smallest absolute Gasteiger partial charge is 0.329 e. The molecule has 2 fully saturated rings. The van der Waals surface area contributed by atoms with Gasteiger partial charge < -0.3 is 10.0 Å². The van der Waals surface area contributed by atoms with Crippen molar-refractivity contribution in [2.24, 2.45) is 5.92 Å². The minimum absolute atomic E-state index is 0.0738. The number of carboxylic acids is 1. The van der Waals surface area contributed by atoms with Crippen molar-refractivity contribution in [1.82, 2.24) is 4.90 Å². The molecule has 96 valence electrons. The SMILES string of the molecule is CCC1CCCC1(C(=O)O)N(C(C)=O)C1CC1. The van der Waals surface area contributed by atoms with Crippen molar-refractivity contribution in [2.45, 2.75) is 64.0 Å². The molecule has 1 N–H and O–H groups in total. The molecule has 17 heavy (non-hydrogen) atoms. The first kappa shape index (κ1) is 12.4. The van der Waals surface area contributed by atoms with Gasteiger partial charge in [-0.2, -0.15) is 0 Å². The fourth-order valence-electron chi connectivity index (χ4n) is 3.50. The summed E-state index contributed by atoms with van der Waals surface area (Å²) in [4.78, 5) is 25.3. The first-order valence-electron chi connectivity index (χ1n) is 6.57. The van der Waals surface area contributed by atoms with Crippen LogP contribution in [0, 0.1) is 5.92 Å². The first-order chi connectivity index (χ1) is 8.04. The molecule has 0 aromatic rings. The van der Waals surface area contributed by atoms with Gasteiger partial charge in [-0.1, -0.05) is 19.8 Å². The standard InChI is InChI=1S/C13H21NO3/c1-3-10-5-4-8-13(10,12(16)17)14(9(2)15)11-6-7-11/h10-11H,3-8H2,1-2H3,(H,16,17). The first-order valence-corrected chi connectivity index (χ1v) is 6.57. The highest BCUT2D eigenvalue weighted by Crippen LogP contribution is 2.47. The van der Waals surface area contributed by atoms with E-state index in [4.69, 9.17) is 0 Å². The number of carboxylic acid groups (broad SMARTS) is 1. The summed E-state index contributed by atoms with van der Waals surface area (Å²) in [6.07, 6.45) is 5.23. The second-order valence-electron chi connectivity index (χ2n) is 5.35. The van der Waals surface area contributed by atoms with E-state index in [1.54, 1.807) is 4.90 Å². The van der Waals surface area contributed by atoms with Gasteiger partial charge in [0.15, 0.2) is 0 Å². The summed E-state index contributed by atoms with van der Waals surface area (Å²) in [6, 6.07) is 0.177. The lowest BCUT2D eigenvalue weighted by molar-refractivity contribution is -0.162. The third-order valence-electron chi connectivity index (χ3n) is 4.33. The third-order valence-corrected chi connectivity index (χ3v) is 4.33. The molecular formula is C13H21NO3. The fourth-order valence-corrected chi connectivity index (χ4v) is 3.50. The van der Waals surface area contributed by atoms with Crippen molar-refractivity contribution in [2.75, 3.05) is 0 Å². The summed E-state index contributed by atoms with van der Waals surface area (Å²) in [6.45, 7) is 3.53. The van der Waals surface area contributed by atoms with Gasteiger partial charge >= 0.3 is 5.97 Å². The number of hydrogen-bond acceptors (Lipinski definition) is 2. The van der Waals surface area contributed by atoms with Gasteiger partial charge in [-0.3, -0.25) is 4.79 Å². The van der Waals surface area contributed by atoms with Gasteiger partial charge in [-0.15, -0.1) is 0 Å². The van der Waals surface area contributed by atoms with E-state index in [1.807, 2.05) is 6.92 Å². The van der Waals surface area contributed by atoms with E-state index in [-0.39, 0.29) is 17.9 Å². The van der Waals surface area contributed by atoms with Gasteiger partial charge in [0.1, 0.15) is 5.54 Å². The Morgan fingerprint density at radius 1 is 1.35 bits per heavy atom. The van der Waals surface area contributed by atoms with E-state index in [2.05, 4.69) is 0 Å². The highest BCUT2D eigenvalue weighted by atomic mass is 16.4. The van der Waals surface area contributed by atoms with Crippen LogP contribution in [0.4, 0.5) is 0 Å². The molecule has 1 amide bonds. The highest BCUT2D eigenvalue weighted by molar-refractivity contribution is 5.87. The highest BCUT2D eigenvalue weighted by Gasteiger charge is 2.57. The largest absolute Gasteiger partial charge is 0.479 e. The Kier molecular flexibility index (Phi) is 3.15. The van der Waals surface area contributed by atoms with Crippen molar-refractivity contribution < 1.29 is 14.7 Å². The number of nitrogens with zero attached hydrogens (tertiary/aromatic N) is 1. The van der Waals surface area contributed by atoms with Crippen molar-refractivity contribution in [1.29, 1.82) is 0 Å². The maximum absolute atomic E-state index is 11.8. The van der Waals surface area contributed by atoms with E-state index in [0.717, 1.165) is 32.1 Å². The van der Waals surface area contributed by atoms with Crippen LogP contribution in [-0.2, 0) is 9.59 Å². The average molecular weight is 239 g/mol. The number of aliphatic carboxylic acids is 1. The Morgan fingerprint density at radius 3 is 2.41 bits per heavy atom. The zero-order chi connectivity index (χ0) is 12.6. The summed E-state index contributed by atoms with van der Waals surface area (Å²) in [5.41, 5.74) is -0.915. The van der Waals surface area contributed by atoms with Crippen LogP contribution in [0.2, 0.25) is 0 Å². The van der Waals surface area contributed by atoms with E-state index < -0.39 is 11.5 Å². The molecule has 0 spiro atoms. The average Bonchev–Trinajstić information content (AvgIpc) is 2.96. The van der Waals surface area contributed by atoms with Gasteiger partial charge in [-0.05, 0) is 31.6 Å². The van der Waals surface area contributed by atoms with Crippen LogP contribution in [-0.4, -0.2) is 33.5 Å². The maximum Gasteiger partial charge on any atom is 0.329 e. The van der Waals surface area contributed by atoms with Crippen LogP contribution in [0.15, 0.2) is 0 Å². The Morgan fingerprint density at radius 2 is 2.00 bits per heavy atom. The molecule has 4 heteroatoms. The molecule has 0 radical (unpaired) electrons. The van der Waals surface area contributed by atoms with Gasteiger partial charge in [0.05, 0.1) is 0 Å². The number of hydrogen-bond donors (Lipinski definition) is 1.